The maximum atomic E-state index is 11.9. The Labute approximate surface area is 140 Å². The zero-order valence-corrected chi connectivity index (χ0v) is 15.4. The average molecular weight is 314 g/mol. The van der Waals surface area contributed by atoms with Gasteiger partial charge in [-0.1, -0.05) is 116 Å². The Morgan fingerprint density at radius 2 is 0.864 bits per heavy atom. The molecule has 0 heterocycles. The molecule has 0 aromatic rings. The lowest BCUT2D eigenvalue weighted by atomic mass is 10.0. The predicted molar refractivity (Wildman–Crippen MR) is 99.1 cm³/mol. The molecule has 0 N–H and O–H groups in total. The van der Waals surface area contributed by atoms with Crippen LogP contribution in [0.4, 0.5) is 4.39 Å². The van der Waals surface area contributed by atoms with Crippen molar-refractivity contribution in [1.29, 1.82) is 0 Å². The molecule has 0 bridgehead atoms. The van der Waals surface area contributed by atoms with Crippen LogP contribution in [0, 0.1) is 6.42 Å². The molecule has 0 fully saturated rings. The summed E-state index contributed by atoms with van der Waals surface area (Å²) in [6.07, 6.45) is 26.5. The van der Waals surface area contributed by atoms with Crippen LogP contribution in [-0.4, -0.2) is 6.67 Å². The quantitative estimate of drug-likeness (QED) is 0.211. The molecule has 22 heavy (non-hydrogen) atoms. The van der Waals surface area contributed by atoms with E-state index in [-0.39, 0.29) is 6.67 Å². The van der Waals surface area contributed by atoms with Gasteiger partial charge in [0.25, 0.3) is 0 Å². The van der Waals surface area contributed by atoms with Gasteiger partial charge in [-0.25, -0.2) is 0 Å². The van der Waals surface area contributed by atoms with Crippen LogP contribution in [0.15, 0.2) is 0 Å². The third kappa shape index (κ3) is 19.9. The van der Waals surface area contributed by atoms with Crippen molar-refractivity contribution in [3.8, 4) is 0 Å². The van der Waals surface area contributed by atoms with E-state index in [1.807, 2.05) is 0 Å². The number of hydrogen-bond acceptors (Lipinski definition) is 0. The molecule has 0 unspecified atom stereocenters. The Hall–Kier alpha value is -0.0700. The second-order valence-corrected chi connectivity index (χ2v) is 6.86. The predicted octanol–water partition coefficient (Wildman–Crippen LogP) is 8.20. The molecule has 0 rings (SSSR count). The summed E-state index contributed by atoms with van der Waals surface area (Å²) in [5.41, 5.74) is 0. The summed E-state index contributed by atoms with van der Waals surface area (Å²) >= 11 is 0. The van der Waals surface area contributed by atoms with Gasteiger partial charge in [0.1, 0.15) is 0 Å². The standard InChI is InChI=1S/C21H42F/c1-2-3-4-5-6-7-8-9-10-11-12-13-14-15-16-17-18-19-20-21-22/h14H,2-13,15-21H2,1H3. The molecule has 0 nitrogen and oxygen atoms in total. The van der Waals surface area contributed by atoms with Crippen LogP contribution in [0.3, 0.4) is 0 Å². The highest BCUT2D eigenvalue weighted by atomic mass is 19.1. The first-order valence-electron chi connectivity index (χ1n) is 10.3. The van der Waals surface area contributed by atoms with E-state index in [2.05, 4.69) is 13.3 Å². The zero-order chi connectivity index (χ0) is 16.1. The molecule has 0 amide bonds. The second-order valence-electron chi connectivity index (χ2n) is 6.86. The summed E-state index contributed by atoms with van der Waals surface area (Å²) in [6.45, 7) is 2.15. The molecule has 1 radical (unpaired) electrons. The van der Waals surface area contributed by atoms with Crippen LogP contribution in [0.1, 0.15) is 122 Å². The summed E-state index contributed by atoms with van der Waals surface area (Å²) in [5, 5.41) is 0. The topological polar surface area (TPSA) is 0 Å². The molecule has 0 aliphatic rings. The minimum absolute atomic E-state index is 0.134. The van der Waals surface area contributed by atoms with Crippen LogP contribution in [0.25, 0.3) is 0 Å². The first kappa shape index (κ1) is 21.9. The molecular weight excluding hydrogens is 271 g/mol. The highest BCUT2D eigenvalue weighted by molar-refractivity contribution is 4.64. The lowest BCUT2D eigenvalue weighted by Gasteiger charge is -2.03. The van der Waals surface area contributed by atoms with Crippen molar-refractivity contribution in [1.82, 2.24) is 0 Å². The molecule has 0 saturated heterocycles. The molecule has 0 aliphatic carbocycles. The summed E-state index contributed by atoms with van der Waals surface area (Å²) in [5.74, 6) is 0. The third-order valence-electron chi connectivity index (χ3n) is 4.55. The molecule has 0 aromatic heterocycles. The van der Waals surface area contributed by atoms with Crippen LogP contribution in [0.2, 0.25) is 0 Å². The first-order valence-corrected chi connectivity index (χ1v) is 10.3. The van der Waals surface area contributed by atoms with E-state index in [0.717, 1.165) is 12.8 Å². The summed E-state index contributed by atoms with van der Waals surface area (Å²) in [4.78, 5) is 0. The Kier molecular flexibility index (Phi) is 20.9. The van der Waals surface area contributed by atoms with Gasteiger partial charge in [-0.05, 0) is 12.8 Å². The number of hydrogen-bond donors (Lipinski definition) is 0. The molecule has 133 valence electrons. The van der Waals surface area contributed by atoms with Crippen LogP contribution in [-0.2, 0) is 0 Å². The Morgan fingerprint density at radius 1 is 0.500 bits per heavy atom. The van der Waals surface area contributed by atoms with E-state index in [1.54, 1.807) is 0 Å². The molecule has 0 aliphatic heterocycles. The van der Waals surface area contributed by atoms with E-state index < -0.39 is 0 Å². The van der Waals surface area contributed by atoms with Crippen molar-refractivity contribution in [3.05, 3.63) is 6.42 Å². The van der Waals surface area contributed by atoms with Crippen molar-refractivity contribution < 1.29 is 4.39 Å². The van der Waals surface area contributed by atoms with E-state index in [9.17, 15) is 4.39 Å². The molecule has 0 aromatic carbocycles. The fourth-order valence-corrected chi connectivity index (χ4v) is 3.01. The van der Waals surface area contributed by atoms with Gasteiger partial charge in [-0.2, -0.15) is 0 Å². The summed E-state index contributed by atoms with van der Waals surface area (Å²) in [7, 11) is 0. The molecule has 1 heteroatoms. The smallest absolute Gasteiger partial charge is 0.0894 e. The van der Waals surface area contributed by atoms with Crippen molar-refractivity contribution in [3.63, 3.8) is 0 Å². The molecule has 0 atom stereocenters. The van der Waals surface area contributed by atoms with Gasteiger partial charge in [-0.15, -0.1) is 0 Å². The monoisotopic (exact) mass is 313 g/mol. The molecule has 0 spiro atoms. The lowest BCUT2D eigenvalue weighted by molar-refractivity contribution is 0.451. The van der Waals surface area contributed by atoms with Gasteiger partial charge in [-0.3, -0.25) is 4.39 Å². The van der Waals surface area contributed by atoms with Crippen molar-refractivity contribution in [2.75, 3.05) is 6.67 Å². The minimum Gasteiger partial charge on any atom is -0.251 e. The SMILES string of the molecule is CCCCCCCCCCCCC[CH]CCCCCCCF. The van der Waals surface area contributed by atoms with Gasteiger partial charge in [0.15, 0.2) is 0 Å². The molecular formula is C21H42F. The maximum Gasteiger partial charge on any atom is 0.0894 e. The summed E-state index contributed by atoms with van der Waals surface area (Å²) in [6, 6.07) is 0. The van der Waals surface area contributed by atoms with E-state index in [0.29, 0.717) is 0 Å². The Bertz CT molecular complexity index is 159. The average Bonchev–Trinajstić information content (AvgIpc) is 2.54. The van der Waals surface area contributed by atoms with Crippen LogP contribution >= 0.6 is 0 Å². The highest BCUT2D eigenvalue weighted by Gasteiger charge is 1.95. The van der Waals surface area contributed by atoms with Crippen molar-refractivity contribution in [2.45, 2.75) is 122 Å². The third-order valence-corrected chi connectivity index (χ3v) is 4.55. The minimum atomic E-state index is -0.134. The Morgan fingerprint density at radius 3 is 1.27 bits per heavy atom. The Balaban J connectivity index is 2.91. The van der Waals surface area contributed by atoms with E-state index in [4.69, 9.17) is 0 Å². The van der Waals surface area contributed by atoms with Gasteiger partial charge in [0, 0.05) is 0 Å². The maximum absolute atomic E-state index is 11.9. The lowest BCUT2D eigenvalue weighted by Crippen LogP contribution is -1.85. The van der Waals surface area contributed by atoms with Crippen LogP contribution in [0.5, 0.6) is 0 Å². The zero-order valence-electron chi connectivity index (χ0n) is 15.4. The largest absolute Gasteiger partial charge is 0.251 e. The van der Waals surface area contributed by atoms with Crippen molar-refractivity contribution in [2.24, 2.45) is 0 Å². The first-order chi connectivity index (χ1) is 10.9. The summed E-state index contributed by atoms with van der Waals surface area (Å²) < 4.78 is 11.9. The fourth-order valence-electron chi connectivity index (χ4n) is 3.01. The molecule has 0 saturated carbocycles. The number of unbranched alkanes of at least 4 members (excludes halogenated alkanes) is 18. The van der Waals surface area contributed by atoms with Gasteiger partial charge < -0.3 is 0 Å². The number of alkyl halides is 1. The van der Waals surface area contributed by atoms with E-state index in [1.165, 1.54) is 103 Å². The number of halogens is 1. The van der Waals surface area contributed by atoms with Gasteiger partial charge >= 0.3 is 0 Å². The highest BCUT2D eigenvalue weighted by Crippen LogP contribution is 2.14. The normalized spacial score (nSPS) is 11.2. The van der Waals surface area contributed by atoms with Gasteiger partial charge in [0.2, 0.25) is 0 Å². The van der Waals surface area contributed by atoms with E-state index >= 15 is 0 Å². The second kappa shape index (κ2) is 20.9. The van der Waals surface area contributed by atoms with Gasteiger partial charge in [0.05, 0.1) is 6.67 Å². The van der Waals surface area contributed by atoms with Crippen molar-refractivity contribution >= 4 is 0 Å². The fraction of sp³-hybridized carbons (Fsp3) is 0.952. The van der Waals surface area contributed by atoms with Crippen LogP contribution < -0.4 is 0 Å². The number of rotatable bonds is 19.